The number of nitrogen functional groups attached to an aromatic ring is 1. The van der Waals surface area contributed by atoms with Gasteiger partial charge in [-0.2, -0.15) is 0 Å². The van der Waals surface area contributed by atoms with Crippen molar-refractivity contribution in [3.63, 3.8) is 0 Å². The monoisotopic (exact) mass is 164 g/mol. The van der Waals surface area contributed by atoms with E-state index in [0.717, 1.165) is 24.2 Å². The normalized spacial score (nSPS) is 16.1. The number of hydrogen-bond donors (Lipinski definition) is 1. The van der Waals surface area contributed by atoms with Crippen molar-refractivity contribution in [1.82, 2.24) is 4.98 Å². The Labute approximate surface area is 71.6 Å². The van der Waals surface area contributed by atoms with Crippen LogP contribution < -0.4 is 10.5 Å². The molecule has 0 spiro atoms. The third kappa shape index (κ3) is 1.35. The van der Waals surface area contributed by atoms with E-state index in [9.17, 15) is 0 Å². The maximum Gasteiger partial charge on any atom is 0.142 e. The molecule has 64 valence electrons. The lowest BCUT2D eigenvalue weighted by Crippen LogP contribution is -2.00. The Bertz CT molecular complexity index is 295. The Balaban J connectivity index is 2.23. The predicted octanol–water partition coefficient (Wildman–Crippen LogP) is 1.51. The Morgan fingerprint density at radius 2 is 2.25 bits per heavy atom. The van der Waals surface area contributed by atoms with Crippen LogP contribution in [0.15, 0.2) is 12.4 Å². The van der Waals surface area contributed by atoms with Crippen LogP contribution in [0.3, 0.4) is 0 Å². The second-order valence-corrected chi connectivity index (χ2v) is 3.17. The highest BCUT2D eigenvalue weighted by atomic mass is 16.5. The summed E-state index contributed by atoms with van der Waals surface area (Å²) < 4.78 is 5.59. The first-order valence-electron chi connectivity index (χ1n) is 4.14. The van der Waals surface area contributed by atoms with Gasteiger partial charge in [0.25, 0.3) is 0 Å². The van der Waals surface area contributed by atoms with Crippen LogP contribution in [0.4, 0.5) is 5.69 Å². The van der Waals surface area contributed by atoms with Gasteiger partial charge in [-0.3, -0.25) is 4.98 Å². The molecular weight excluding hydrogens is 152 g/mol. The van der Waals surface area contributed by atoms with Gasteiger partial charge in [0.15, 0.2) is 0 Å². The zero-order chi connectivity index (χ0) is 8.55. The number of nitrogens with zero attached hydrogens (tertiary/aromatic N) is 1. The quantitative estimate of drug-likeness (QED) is 0.720. The third-order valence-corrected chi connectivity index (χ3v) is 2.03. The van der Waals surface area contributed by atoms with Crippen LogP contribution in [-0.2, 0) is 0 Å². The molecular formula is C9H12N2O. The van der Waals surface area contributed by atoms with E-state index in [0.29, 0.717) is 11.8 Å². The highest BCUT2D eigenvalue weighted by Gasteiger charge is 2.24. The lowest BCUT2D eigenvalue weighted by Gasteiger charge is -2.08. The van der Waals surface area contributed by atoms with Crippen molar-refractivity contribution in [1.29, 1.82) is 0 Å². The summed E-state index contributed by atoms with van der Waals surface area (Å²) in [7, 11) is 0. The molecule has 2 rings (SSSR count). The number of aromatic nitrogens is 1. The number of anilines is 1. The van der Waals surface area contributed by atoms with Crippen molar-refractivity contribution in [3.05, 3.63) is 18.0 Å². The summed E-state index contributed by atoms with van der Waals surface area (Å²) in [5, 5.41) is 0. The first kappa shape index (κ1) is 7.40. The van der Waals surface area contributed by atoms with Crippen molar-refractivity contribution >= 4 is 5.69 Å². The molecule has 0 unspecified atom stereocenters. The number of pyridine rings is 1. The number of hydrogen-bond acceptors (Lipinski definition) is 3. The highest BCUT2D eigenvalue weighted by molar-refractivity contribution is 5.50. The molecule has 1 aliphatic rings. The molecule has 1 aromatic heterocycles. The summed E-state index contributed by atoms with van der Waals surface area (Å²) in [4.78, 5) is 3.98. The summed E-state index contributed by atoms with van der Waals surface area (Å²) in [5.74, 6) is 0.831. The summed E-state index contributed by atoms with van der Waals surface area (Å²) in [6.45, 7) is 1.95. The van der Waals surface area contributed by atoms with Crippen LogP contribution in [0.25, 0.3) is 0 Å². The molecule has 0 saturated heterocycles. The number of nitrogens with two attached hydrogens (primary N) is 1. The zero-order valence-corrected chi connectivity index (χ0v) is 7.08. The minimum absolute atomic E-state index is 0.410. The molecule has 12 heavy (non-hydrogen) atoms. The Hall–Kier alpha value is -1.25. The van der Waals surface area contributed by atoms with Gasteiger partial charge >= 0.3 is 0 Å². The van der Waals surface area contributed by atoms with Crippen LogP contribution in [0.1, 0.15) is 18.4 Å². The second kappa shape index (κ2) is 2.66. The average molecular weight is 164 g/mol. The van der Waals surface area contributed by atoms with Crippen molar-refractivity contribution in [3.8, 4) is 5.75 Å². The molecule has 1 aliphatic carbocycles. The van der Waals surface area contributed by atoms with Crippen LogP contribution >= 0.6 is 0 Å². The summed E-state index contributed by atoms with van der Waals surface area (Å²) in [6, 6.07) is 0. The summed E-state index contributed by atoms with van der Waals surface area (Å²) >= 11 is 0. The number of ether oxygens (including phenoxy) is 1. The van der Waals surface area contributed by atoms with Gasteiger partial charge in [0.05, 0.1) is 24.2 Å². The smallest absolute Gasteiger partial charge is 0.142 e. The lowest BCUT2D eigenvalue weighted by molar-refractivity contribution is 0.300. The fraction of sp³-hybridized carbons (Fsp3) is 0.444. The molecule has 1 aromatic rings. The molecule has 0 bridgehead atoms. The van der Waals surface area contributed by atoms with E-state index in [4.69, 9.17) is 10.5 Å². The van der Waals surface area contributed by atoms with Gasteiger partial charge < -0.3 is 10.5 Å². The summed E-state index contributed by atoms with van der Waals surface area (Å²) in [5.41, 5.74) is 7.37. The van der Waals surface area contributed by atoms with E-state index in [1.54, 1.807) is 12.4 Å². The molecule has 1 fully saturated rings. The van der Waals surface area contributed by atoms with Gasteiger partial charge in [0.2, 0.25) is 0 Å². The molecule has 0 aromatic carbocycles. The topological polar surface area (TPSA) is 48.1 Å². The van der Waals surface area contributed by atoms with Gasteiger partial charge in [0.1, 0.15) is 5.75 Å². The zero-order valence-electron chi connectivity index (χ0n) is 7.08. The van der Waals surface area contributed by atoms with E-state index in [2.05, 4.69) is 4.98 Å². The fourth-order valence-electron chi connectivity index (χ4n) is 1.01. The first-order valence-corrected chi connectivity index (χ1v) is 4.14. The van der Waals surface area contributed by atoms with Crippen molar-refractivity contribution in [2.75, 3.05) is 5.73 Å². The molecule has 2 N–H and O–H groups in total. The third-order valence-electron chi connectivity index (χ3n) is 2.03. The molecule has 0 aliphatic heterocycles. The van der Waals surface area contributed by atoms with Gasteiger partial charge in [-0.05, 0) is 19.8 Å². The Morgan fingerprint density at radius 3 is 2.92 bits per heavy atom. The van der Waals surface area contributed by atoms with Crippen LogP contribution in [-0.4, -0.2) is 11.1 Å². The van der Waals surface area contributed by atoms with E-state index < -0.39 is 0 Å². The molecule has 3 nitrogen and oxygen atoms in total. The average Bonchev–Trinajstić information content (AvgIpc) is 2.83. The van der Waals surface area contributed by atoms with Crippen LogP contribution in [0.5, 0.6) is 5.75 Å². The maximum atomic E-state index is 5.67. The van der Waals surface area contributed by atoms with Gasteiger partial charge in [-0.25, -0.2) is 0 Å². The minimum atomic E-state index is 0.410. The van der Waals surface area contributed by atoms with Gasteiger partial charge in [-0.1, -0.05) is 0 Å². The summed E-state index contributed by atoms with van der Waals surface area (Å²) in [6.07, 6.45) is 6.11. The van der Waals surface area contributed by atoms with Crippen LogP contribution in [0, 0.1) is 6.92 Å². The number of rotatable bonds is 2. The first-order chi connectivity index (χ1) is 5.77. The SMILES string of the molecule is Cc1c(N)cncc1OC1CC1. The van der Waals surface area contributed by atoms with Crippen LogP contribution in [0.2, 0.25) is 0 Å². The van der Waals surface area contributed by atoms with E-state index in [1.807, 2.05) is 6.92 Å². The Morgan fingerprint density at radius 1 is 1.50 bits per heavy atom. The highest BCUT2D eigenvalue weighted by Crippen LogP contribution is 2.29. The maximum absolute atomic E-state index is 5.67. The van der Waals surface area contributed by atoms with E-state index in [1.165, 1.54) is 0 Å². The minimum Gasteiger partial charge on any atom is -0.488 e. The molecule has 0 atom stereocenters. The Kier molecular flexibility index (Phi) is 1.64. The van der Waals surface area contributed by atoms with E-state index in [-0.39, 0.29) is 0 Å². The standard InChI is InChI=1S/C9H12N2O/c1-6-8(10)4-11-5-9(6)12-7-2-3-7/h4-5,7H,2-3,10H2,1H3. The fourth-order valence-corrected chi connectivity index (χ4v) is 1.01. The van der Waals surface area contributed by atoms with Crippen molar-refractivity contribution in [2.45, 2.75) is 25.9 Å². The molecule has 1 saturated carbocycles. The molecule has 0 radical (unpaired) electrons. The van der Waals surface area contributed by atoms with Crippen molar-refractivity contribution in [2.24, 2.45) is 0 Å². The largest absolute Gasteiger partial charge is 0.488 e. The van der Waals surface area contributed by atoms with E-state index >= 15 is 0 Å². The van der Waals surface area contributed by atoms with Crippen molar-refractivity contribution < 1.29 is 4.74 Å². The molecule has 0 amide bonds. The molecule has 1 heterocycles. The lowest BCUT2D eigenvalue weighted by atomic mass is 10.2. The van der Waals surface area contributed by atoms with Gasteiger partial charge in [-0.15, -0.1) is 0 Å². The predicted molar refractivity (Wildman–Crippen MR) is 47.0 cm³/mol. The second-order valence-electron chi connectivity index (χ2n) is 3.17. The molecule has 3 heteroatoms. The van der Waals surface area contributed by atoms with Gasteiger partial charge in [0, 0.05) is 5.56 Å².